The van der Waals surface area contributed by atoms with E-state index < -0.39 is 0 Å². The first kappa shape index (κ1) is 19.7. The van der Waals surface area contributed by atoms with Crippen LogP contribution in [-0.4, -0.2) is 53.8 Å². The number of hydrogen-bond acceptors (Lipinski definition) is 3. The van der Waals surface area contributed by atoms with Crippen molar-refractivity contribution in [2.45, 2.75) is 13.3 Å². The molecule has 30 heavy (non-hydrogen) atoms. The van der Waals surface area contributed by atoms with Crippen molar-refractivity contribution in [3.8, 4) is 0 Å². The first-order chi connectivity index (χ1) is 14.7. The summed E-state index contributed by atoms with van der Waals surface area (Å²) in [5.74, 6) is 0.200. The summed E-state index contributed by atoms with van der Waals surface area (Å²) in [5, 5.41) is 7.64. The Bertz CT molecular complexity index is 1070. The Morgan fingerprint density at radius 3 is 2.43 bits per heavy atom. The van der Waals surface area contributed by atoms with E-state index in [1.54, 1.807) is 24.3 Å². The highest BCUT2D eigenvalue weighted by Crippen LogP contribution is 2.21. The summed E-state index contributed by atoms with van der Waals surface area (Å²) in [4.78, 5) is 34.1. The number of fused-ring (bicyclic) bond motifs is 2. The second kappa shape index (κ2) is 8.82. The van der Waals surface area contributed by atoms with Crippen LogP contribution in [0.5, 0.6) is 0 Å². The number of carbonyl (C=O) groups excluding carboxylic acids is 2. The topological polar surface area (TPSA) is 89.6 Å². The number of guanidine groups is 1. The quantitative estimate of drug-likeness (QED) is 0.321. The molecule has 2 aromatic carbocycles. The Balaban J connectivity index is 1.33. The maximum atomic E-state index is 12.4. The molecule has 4 rings (SSSR count). The number of rotatable bonds is 7. The van der Waals surface area contributed by atoms with E-state index in [4.69, 9.17) is 0 Å². The minimum absolute atomic E-state index is 0.237. The molecule has 1 aromatic heterocycles. The van der Waals surface area contributed by atoms with Crippen molar-refractivity contribution in [2.75, 3.05) is 26.2 Å². The molecule has 7 heteroatoms. The largest absolute Gasteiger partial charge is 0.361 e. The van der Waals surface area contributed by atoms with Gasteiger partial charge in [0.05, 0.1) is 11.1 Å². The average Bonchev–Trinajstić information content (AvgIpc) is 3.28. The van der Waals surface area contributed by atoms with Crippen molar-refractivity contribution in [1.29, 1.82) is 0 Å². The zero-order chi connectivity index (χ0) is 20.9. The van der Waals surface area contributed by atoms with E-state index in [-0.39, 0.29) is 11.8 Å². The lowest BCUT2D eigenvalue weighted by Crippen LogP contribution is -2.43. The summed E-state index contributed by atoms with van der Waals surface area (Å²) in [6, 6.07) is 15.2. The summed E-state index contributed by atoms with van der Waals surface area (Å²) in [5.41, 5.74) is 3.31. The molecule has 2 amide bonds. The van der Waals surface area contributed by atoms with E-state index in [9.17, 15) is 9.59 Å². The van der Waals surface area contributed by atoms with Gasteiger partial charge < -0.3 is 15.6 Å². The number of aromatic nitrogens is 1. The zero-order valence-electron chi connectivity index (χ0n) is 16.9. The molecule has 0 saturated carbocycles. The van der Waals surface area contributed by atoms with Crippen LogP contribution in [0.15, 0.2) is 59.7 Å². The van der Waals surface area contributed by atoms with Crippen LogP contribution in [0.2, 0.25) is 0 Å². The van der Waals surface area contributed by atoms with E-state index in [0.717, 1.165) is 18.5 Å². The zero-order valence-corrected chi connectivity index (χ0v) is 16.9. The fourth-order valence-corrected chi connectivity index (χ4v) is 3.70. The predicted octanol–water partition coefficient (Wildman–Crippen LogP) is 2.56. The lowest BCUT2D eigenvalue weighted by atomic mass is 10.1. The molecule has 2 heterocycles. The second-order valence-corrected chi connectivity index (χ2v) is 7.10. The highest BCUT2D eigenvalue weighted by atomic mass is 16.2. The van der Waals surface area contributed by atoms with Gasteiger partial charge in [-0.05, 0) is 37.1 Å². The monoisotopic (exact) mass is 403 g/mol. The third-order valence-corrected chi connectivity index (χ3v) is 5.18. The van der Waals surface area contributed by atoms with Crippen LogP contribution in [0.25, 0.3) is 10.9 Å². The molecule has 7 nitrogen and oxygen atoms in total. The molecular formula is C23H25N5O2. The molecule has 0 unspecified atom stereocenters. The summed E-state index contributed by atoms with van der Waals surface area (Å²) >= 11 is 0. The smallest absolute Gasteiger partial charge is 0.261 e. The molecule has 0 radical (unpaired) electrons. The van der Waals surface area contributed by atoms with E-state index in [1.807, 2.05) is 25.3 Å². The van der Waals surface area contributed by atoms with E-state index in [0.29, 0.717) is 36.7 Å². The van der Waals surface area contributed by atoms with Crippen molar-refractivity contribution in [1.82, 2.24) is 20.5 Å². The van der Waals surface area contributed by atoms with Gasteiger partial charge >= 0.3 is 0 Å². The number of nitrogens with one attached hydrogen (secondary N) is 3. The third kappa shape index (κ3) is 3.91. The van der Waals surface area contributed by atoms with Gasteiger partial charge in [0, 0.05) is 43.3 Å². The Hall–Kier alpha value is -3.61. The maximum Gasteiger partial charge on any atom is 0.261 e. The van der Waals surface area contributed by atoms with Crippen LogP contribution in [0.4, 0.5) is 0 Å². The van der Waals surface area contributed by atoms with E-state index >= 15 is 0 Å². The Morgan fingerprint density at radius 2 is 1.70 bits per heavy atom. The number of nitrogens with zero attached hydrogens (tertiary/aromatic N) is 2. The van der Waals surface area contributed by atoms with Gasteiger partial charge in [-0.25, -0.2) is 0 Å². The molecule has 3 aromatic rings. The summed E-state index contributed by atoms with van der Waals surface area (Å²) < 4.78 is 0. The van der Waals surface area contributed by atoms with Crippen molar-refractivity contribution in [3.05, 3.63) is 71.4 Å². The minimum atomic E-state index is -0.237. The molecule has 1 aliphatic rings. The molecule has 0 spiro atoms. The number of benzene rings is 2. The summed E-state index contributed by atoms with van der Waals surface area (Å²) in [6.45, 7) is 4.08. The van der Waals surface area contributed by atoms with Gasteiger partial charge in [0.15, 0.2) is 5.96 Å². The average molecular weight is 403 g/mol. The van der Waals surface area contributed by atoms with Crippen LogP contribution in [-0.2, 0) is 6.42 Å². The molecule has 3 N–H and O–H groups in total. The molecule has 1 aliphatic heterocycles. The molecular weight excluding hydrogens is 378 g/mol. The Morgan fingerprint density at radius 1 is 1.00 bits per heavy atom. The molecule has 154 valence electrons. The fraction of sp³-hybridized carbons (Fsp3) is 0.261. The highest BCUT2D eigenvalue weighted by Gasteiger charge is 2.34. The Labute approximate surface area is 175 Å². The van der Waals surface area contributed by atoms with Crippen LogP contribution in [0.1, 0.15) is 33.2 Å². The fourth-order valence-electron chi connectivity index (χ4n) is 3.70. The van der Waals surface area contributed by atoms with Crippen molar-refractivity contribution in [2.24, 2.45) is 4.99 Å². The number of hydrogen-bond donors (Lipinski definition) is 3. The van der Waals surface area contributed by atoms with E-state index in [2.05, 4.69) is 32.7 Å². The van der Waals surface area contributed by atoms with Gasteiger partial charge in [0.1, 0.15) is 0 Å². The molecule has 0 bridgehead atoms. The lowest BCUT2D eigenvalue weighted by Gasteiger charge is -2.16. The number of amides is 2. The molecule has 0 fully saturated rings. The van der Waals surface area contributed by atoms with Crippen LogP contribution in [0, 0.1) is 0 Å². The summed E-state index contributed by atoms with van der Waals surface area (Å²) in [6.07, 6.45) is 2.85. The number of carbonyl (C=O) groups is 2. The predicted molar refractivity (Wildman–Crippen MR) is 118 cm³/mol. The number of aromatic amines is 1. The standard InChI is InChI=1S/C23H25N5O2/c1-2-24-23(25-12-11-16-15-27-20-10-6-5-7-17(16)20)26-13-14-28-21(29)18-8-3-4-9-19(18)22(28)30/h3-10,15,27H,2,11-14H2,1H3,(H2,24,25,26). The third-order valence-electron chi connectivity index (χ3n) is 5.18. The summed E-state index contributed by atoms with van der Waals surface area (Å²) in [7, 11) is 0. The highest BCUT2D eigenvalue weighted by molar-refractivity contribution is 6.21. The first-order valence-electron chi connectivity index (χ1n) is 10.2. The normalized spacial score (nSPS) is 13.8. The van der Waals surface area contributed by atoms with Gasteiger partial charge in [0.25, 0.3) is 11.8 Å². The van der Waals surface area contributed by atoms with Gasteiger partial charge in [-0.15, -0.1) is 0 Å². The second-order valence-electron chi connectivity index (χ2n) is 7.10. The minimum Gasteiger partial charge on any atom is -0.361 e. The first-order valence-corrected chi connectivity index (χ1v) is 10.2. The Kier molecular flexibility index (Phi) is 5.79. The van der Waals surface area contributed by atoms with Gasteiger partial charge in [-0.1, -0.05) is 30.3 Å². The van der Waals surface area contributed by atoms with Crippen molar-refractivity contribution >= 4 is 28.7 Å². The number of H-pyrrole nitrogens is 1. The SMILES string of the molecule is CCNC(=NCCc1c[nH]c2ccccc12)NCCN1C(=O)c2ccccc2C1=O. The molecule has 0 aliphatic carbocycles. The van der Waals surface area contributed by atoms with Crippen molar-refractivity contribution < 1.29 is 9.59 Å². The van der Waals surface area contributed by atoms with Crippen LogP contribution < -0.4 is 10.6 Å². The van der Waals surface area contributed by atoms with Crippen LogP contribution in [0.3, 0.4) is 0 Å². The van der Waals surface area contributed by atoms with Crippen molar-refractivity contribution in [3.63, 3.8) is 0 Å². The van der Waals surface area contributed by atoms with E-state index in [1.165, 1.54) is 15.8 Å². The van der Waals surface area contributed by atoms with Gasteiger partial charge in [-0.3, -0.25) is 19.5 Å². The van der Waals surface area contributed by atoms with Gasteiger partial charge in [0.2, 0.25) is 0 Å². The lowest BCUT2D eigenvalue weighted by molar-refractivity contribution is 0.0657. The molecule has 0 atom stereocenters. The molecule has 0 saturated heterocycles. The number of imide groups is 1. The number of para-hydroxylation sites is 1. The maximum absolute atomic E-state index is 12.4. The van der Waals surface area contributed by atoms with Crippen LogP contribution >= 0.6 is 0 Å². The van der Waals surface area contributed by atoms with Gasteiger partial charge in [-0.2, -0.15) is 0 Å². The number of aliphatic imine (C=N–C) groups is 1.